The summed E-state index contributed by atoms with van der Waals surface area (Å²) in [7, 11) is 1.78. The molecule has 1 aromatic rings. The molecule has 1 aliphatic rings. The molecule has 20 heavy (non-hydrogen) atoms. The van der Waals surface area contributed by atoms with Crippen LogP contribution in [0.3, 0.4) is 0 Å². The number of nitrogens with one attached hydrogen (secondary N) is 1. The number of anilines is 1. The van der Waals surface area contributed by atoms with Gasteiger partial charge in [0.1, 0.15) is 11.4 Å². The molecule has 1 aromatic heterocycles. The Morgan fingerprint density at radius 1 is 1.60 bits per heavy atom. The number of nitrogens with zero attached hydrogens (tertiary/aromatic N) is 2. The van der Waals surface area contributed by atoms with Gasteiger partial charge in [-0.15, -0.1) is 0 Å². The van der Waals surface area contributed by atoms with Crippen LogP contribution in [0.25, 0.3) is 0 Å². The molecule has 1 amide bonds. The summed E-state index contributed by atoms with van der Waals surface area (Å²) < 4.78 is 5.01. The van der Waals surface area contributed by atoms with E-state index in [0.29, 0.717) is 31.0 Å². The number of carbonyl (C=O) groups excluding carboxylic acids is 2. The molecule has 1 fully saturated rings. The van der Waals surface area contributed by atoms with Crippen molar-refractivity contribution in [1.82, 2.24) is 9.88 Å². The van der Waals surface area contributed by atoms with Crippen LogP contribution in [0.2, 0.25) is 0 Å². The van der Waals surface area contributed by atoms with E-state index in [9.17, 15) is 9.59 Å². The molecule has 0 bridgehead atoms. The zero-order valence-corrected chi connectivity index (χ0v) is 11.8. The first kappa shape index (κ1) is 14.3. The number of likely N-dealkylation sites (N-methyl/N-ethyl adjacent to an activating group) is 1. The van der Waals surface area contributed by atoms with E-state index in [-0.39, 0.29) is 17.9 Å². The van der Waals surface area contributed by atoms with Gasteiger partial charge in [-0.3, -0.25) is 4.79 Å². The SMILES string of the molecule is CCOC(=O)c1cccnc1NC1CCC(=O)N(C)C1. The Kier molecular flexibility index (Phi) is 4.55. The van der Waals surface area contributed by atoms with Crippen LogP contribution >= 0.6 is 0 Å². The molecule has 1 unspecified atom stereocenters. The number of esters is 1. The Hall–Kier alpha value is -2.11. The zero-order chi connectivity index (χ0) is 14.5. The van der Waals surface area contributed by atoms with Gasteiger partial charge >= 0.3 is 5.97 Å². The smallest absolute Gasteiger partial charge is 0.341 e. The summed E-state index contributed by atoms with van der Waals surface area (Å²) in [5.41, 5.74) is 0.425. The molecule has 0 radical (unpaired) electrons. The van der Waals surface area contributed by atoms with Gasteiger partial charge in [-0.25, -0.2) is 9.78 Å². The molecule has 0 aliphatic carbocycles. The molecule has 2 heterocycles. The summed E-state index contributed by atoms with van der Waals surface area (Å²) >= 11 is 0. The summed E-state index contributed by atoms with van der Waals surface area (Å²) in [6.45, 7) is 2.70. The number of hydrogen-bond donors (Lipinski definition) is 1. The van der Waals surface area contributed by atoms with Crippen molar-refractivity contribution >= 4 is 17.7 Å². The van der Waals surface area contributed by atoms with Crippen LogP contribution in [-0.2, 0) is 9.53 Å². The van der Waals surface area contributed by atoms with E-state index in [1.54, 1.807) is 37.2 Å². The second kappa shape index (κ2) is 6.36. The van der Waals surface area contributed by atoms with Gasteiger partial charge in [-0.1, -0.05) is 0 Å². The molecule has 1 aliphatic heterocycles. The Bertz CT molecular complexity index is 504. The number of piperidine rings is 1. The van der Waals surface area contributed by atoms with Crippen molar-refractivity contribution in [2.24, 2.45) is 0 Å². The lowest BCUT2D eigenvalue weighted by molar-refractivity contribution is -0.132. The van der Waals surface area contributed by atoms with Crippen LogP contribution in [0.1, 0.15) is 30.1 Å². The minimum absolute atomic E-state index is 0.0979. The highest BCUT2D eigenvalue weighted by Crippen LogP contribution is 2.18. The minimum atomic E-state index is -0.386. The van der Waals surface area contributed by atoms with Crippen LogP contribution in [0.4, 0.5) is 5.82 Å². The Morgan fingerprint density at radius 3 is 3.10 bits per heavy atom. The third kappa shape index (κ3) is 3.26. The largest absolute Gasteiger partial charge is 0.462 e. The predicted octanol–water partition coefficient (Wildman–Crippen LogP) is 1.29. The molecule has 6 heteroatoms. The van der Waals surface area contributed by atoms with Gasteiger partial charge < -0.3 is 15.0 Å². The lowest BCUT2D eigenvalue weighted by Crippen LogP contribution is -2.43. The van der Waals surface area contributed by atoms with Crippen molar-refractivity contribution < 1.29 is 14.3 Å². The summed E-state index contributed by atoms with van der Waals surface area (Å²) in [4.78, 5) is 29.2. The fourth-order valence-electron chi connectivity index (χ4n) is 2.22. The Balaban J connectivity index is 2.09. The topological polar surface area (TPSA) is 71.5 Å². The normalized spacial score (nSPS) is 18.8. The maximum Gasteiger partial charge on any atom is 0.341 e. The summed E-state index contributed by atoms with van der Waals surface area (Å²) in [6, 6.07) is 3.49. The number of amides is 1. The standard InChI is InChI=1S/C14H19N3O3/c1-3-20-14(19)11-5-4-8-15-13(11)16-10-6-7-12(18)17(2)9-10/h4-5,8,10H,3,6-7,9H2,1-2H3,(H,15,16). The molecule has 0 spiro atoms. The third-order valence-corrected chi connectivity index (χ3v) is 3.27. The molecular weight excluding hydrogens is 258 g/mol. The predicted molar refractivity (Wildman–Crippen MR) is 74.5 cm³/mol. The molecule has 2 rings (SSSR count). The summed E-state index contributed by atoms with van der Waals surface area (Å²) in [5.74, 6) is 0.275. The highest BCUT2D eigenvalue weighted by Gasteiger charge is 2.24. The second-order valence-corrected chi connectivity index (χ2v) is 4.77. The van der Waals surface area contributed by atoms with E-state index >= 15 is 0 Å². The fraction of sp³-hybridized carbons (Fsp3) is 0.500. The van der Waals surface area contributed by atoms with Crippen LogP contribution in [0, 0.1) is 0 Å². The van der Waals surface area contributed by atoms with Crippen molar-refractivity contribution in [3.63, 3.8) is 0 Å². The summed E-state index contributed by atoms with van der Waals surface area (Å²) in [5, 5.41) is 3.23. The third-order valence-electron chi connectivity index (χ3n) is 3.27. The van der Waals surface area contributed by atoms with Crippen LogP contribution in [0.15, 0.2) is 18.3 Å². The Morgan fingerprint density at radius 2 is 2.40 bits per heavy atom. The van der Waals surface area contributed by atoms with E-state index in [4.69, 9.17) is 4.74 Å². The average molecular weight is 277 g/mol. The van der Waals surface area contributed by atoms with Gasteiger partial charge in [0.15, 0.2) is 0 Å². The van der Waals surface area contributed by atoms with E-state index in [1.165, 1.54) is 0 Å². The van der Waals surface area contributed by atoms with Crippen molar-refractivity contribution in [3.05, 3.63) is 23.9 Å². The van der Waals surface area contributed by atoms with Gasteiger partial charge in [0, 0.05) is 32.3 Å². The molecule has 6 nitrogen and oxygen atoms in total. The molecule has 108 valence electrons. The monoisotopic (exact) mass is 277 g/mol. The summed E-state index contributed by atoms with van der Waals surface area (Å²) in [6.07, 6.45) is 2.88. The lowest BCUT2D eigenvalue weighted by Gasteiger charge is -2.30. The molecule has 1 N–H and O–H groups in total. The number of carbonyl (C=O) groups is 2. The zero-order valence-electron chi connectivity index (χ0n) is 11.8. The number of likely N-dealkylation sites (tertiary alicyclic amines) is 1. The highest BCUT2D eigenvalue weighted by atomic mass is 16.5. The van der Waals surface area contributed by atoms with Gasteiger partial charge in [-0.05, 0) is 25.5 Å². The second-order valence-electron chi connectivity index (χ2n) is 4.77. The number of ether oxygens (including phenoxy) is 1. The van der Waals surface area contributed by atoms with Crippen LogP contribution < -0.4 is 5.32 Å². The fourth-order valence-corrected chi connectivity index (χ4v) is 2.22. The first-order valence-electron chi connectivity index (χ1n) is 6.74. The van der Waals surface area contributed by atoms with Crippen molar-refractivity contribution in [3.8, 4) is 0 Å². The van der Waals surface area contributed by atoms with E-state index in [1.807, 2.05) is 0 Å². The van der Waals surface area contributed by atoms with Gasteiger partial charge in [-0.2, -0.15) is 0 Å². The van der Waals surface area contributed by atoms with Crippen molar-refractivity contribution in [1.29, 1.82) is 0 Å². The van der Waals surface area contributed by atoms with Gasteiger partial charge in [0.05, 0.1) is 6.61 Å². The lowest BCUT2D eigenvalue weighted by atomic mass is 10.1. The number of pyridine rings is 1. The average Bonchev–Trinajstić information content (AvgIpc) is 2.44. The number of hydrogen-bond acceptors (Lipinski definition) is 5. The number of aromatic nitrogens is 1. The van der Waals surface area contributed by atoms with Gasteiger partial charge in [0.25, 0.3) is 0 Å². The number of rotatable bonds is 4. The maximum absolute atomic E-state index is 11.9. The molecule has 1 atom stereocenters. The van der Waals surface area contributed by atoms with Gasteiger partial charge in [0.2, 0.25) is 5.91 Å². The van der Waals surface area contributed by atoms with E-state index < -0.39 is 0 Å². The molecular formula is C14H19N3O3. The Labute approximate surface area is 118 Å². The van der Waals surface area contributed by atoms with E-state index in [0.717, 1.165) is 6.42 Å². The van der Waals surface area contributed by atoms with Crippen molar-refractivity contribution in [2.45, 2.75) is 25.8 Å². The highest BCUT2D eigenvalue weighted by molar-refractivity contribution is 5.94. The van der Waals surface area contributed by atoms with Crippen LogP contribution in [0.5, 0.6) is 0 Å². The van der Waals surface area contributed by atoms with E-state index in [2.05, 4.69) is 10.3 Å². The van der Waals surface area contributed by atoms with Crippen molar-refractivity contribution in [2.75, 3.05) is 25.5 Å². The quantitative estimate of drug-likeness (QED) is 0.840. The first-order chi connectivity index (χ1) is 9.61. The van der Waals surface area contributed by atoms with Crippen LogP contribution in [-0.4, -0.2) is 48.0 Å². The minimum Gasteiger partial charge on any atom is -0.462 e. The molecule has 0 saturated carbocycles. The molecule has 0 aromatic carbocycles. The maximum atomic E-state index is 11.9. The molecule has 1 saturated heterocycles. The first-order valence-corrected chi connectivity index (χ1v) is 6.74.